The van der Waals surface area contributed by atoms with Gasteiger partial charge >= 0.3 is 0 Å². The number of aromatic amines is 1. The second-order valence-electron chi connectivity index (χ2n) is 9.93. The van der Waals surface area contributed by atoms with Gasteiger partial charge in [-0.15, -0.1) is 5.10 Å². The number of anilines is 1. The van der Waals surface area contributed by atoms with Crippen molar-refractivity contribution in [1.82, 2.24) is 25.2 Å². The van der Waals surface area contributed by atoms with Crippen molar-refractivity contribution >= 4 is 16.6 Å². The number of H-pyrrole nitrogens is 1. The van der Waals surface area contributed by atoms with E-state index in [1.54, 1.807) is 0 Å². The van der Waals surface area contributed by atoms with E-state index in [1.807, 2.05) is 10.7 Å². The highest BCUT2D eigenvalue weighted by Gasteiger charge is 2.34. The van der Waals surface area contributed by atoms with E-state index in [-0.39, 0.29) is 17.6 Å². The maximum Gasteiger partial charge on any atom is 0.254 e. The highest BCUT2D eigenvalue weighted by molar-refractivity contribution is 5.80. The first-order valence-electron chi connectivity index (χ1n) is 13.0. The molecule has 4 aromatic rings. The maximum absolute atomic E-state index is 13.6. The van der Waals surface area contributed by atoms with Crippen molar-refractivity contribution in [3.05, 3.63) is 81.4 Å². The molecule has 2 aromatic heterocycles. The van der Waals surface area contributed by atoms with Crippen LogP contribution in [0.1, 0.15) is 80.0 Å². The summed E-state index contributed by atoms with van der Waals surface area (Å²) in [5.74, 6) is 0.769. The predicted molar refractivity (Wildman–Crippen MR) is 138 cm³/mol. The smallest absolute Gasteiger partial charge is 0.254 e. The second kappa shape index (κ2) is 9.29. The summed E-state index contributed by atoms with van der Waals surface area (Å²) < 4.78 is 2.02. The van der Waals surface area contributed by atoms with Crippen LogP contribution in [-0.2, 0) is 12.8 Å². The number of tetrazole rings is 1. The average molecular weight is 469 g/mol. The fraction of sp³-hybridized carbons (Fsp3) is 0.429. The fourth-order valence-corrected chi connectivity index (χ4v) is 5.94. The van der Waals surface area contributed by atoms with E-state index < -0.39 is 0 Å². The van der Waals surface area contributed by atoms with Crippen molar-refractivity contribution in [2.45, 2.75) is 70.4 Å². The van der Waals surface area contributed by atoms with Crippen LogP contribution in [0.3, 0.4) is 0 Å². The first kappa shape index (κ1) is 22.0. The zero-order valence-corrected chi connectivity index (χ0v) is 20.3. The number of nitrogens with zero attached hydrogens (tertiary/aromatic N) is 5. The standard InChI is InChI=1S/C28H32N6O/c1-2-19-14-15-24-21(17-19)18-23(28(35)29-24)26(33-16-8-10-20-9-6-7-13-25(20)33)27-30-31-32-34(27)22-11-4-3-5-12-22/h6-7,9,13-15,17-18,22,26H,2-5,8,10-12,16H2,1H3,(H,29,35)/t26-/m0/s1. The monoisotopic (exact) mass is 468 g/mol. The molecule has 0 bridgehead atoms. The molecule has 6 rings (SSSR count). The molecule has 7 heteroatoms. The molecular formula is C28H32N6O. The number of aryl methyl sites for hydroxylation is 2. The van der Waals surface area contributed by atoms with Crippen LogP contribution in [0.2, 0.25) is 0 Å². The van der Waals surface area contributed by atoms with Crippen molar-refractivity contribution in [1.29, 1.82) is 0 Å². The van der Waals surface area contributed by atoms with Crippen LogP contribution in [0, 0.1) is 0 Å². The van der Waals surface area contributed by atoms with Gasteiger partial charge in [-0.05, 0) is 83.3 Å². The topological polar surface area (TPSA) is 79.7 Å². The quantitative estimate of drug-likeness (QED) is 0.440. The molecule has 35 heavy (non-hydrogen) atoms. The number of para-hydroxylation sites is 1. The van der Waals surface area contributed by atoms with Crippen LogP contribution in [-0.4, -0.2) is 31.7 Å². The van der Waals surface area contributed by atoms with Gasteiger partial charge in [0.2, 0.25) is 0 Å². The summed E-state index contributed by atoms with van der Waals surface area (Å²) >= 11 is 0. The molecule has 0 amide bonds. The summed E-state index contributed by atoms with van der Waals surface area (Å²) in [6, 6.07) is 16.8. The Kier molecular flexibility index (Phi) is 5.84. The van der Waals surface area contributed by atoms with E-state index in [0.717, 1.165) is 55.4 Å². The Morgan fingerprint density at radius 3 is 2.77 bits per heavy atom. The average Bonchev–Trinajstić information content (AvgIpc) is 3.39. The predicted octanol–water partition coefficient (Wildman–Crippen LogP) is 5.12. The Bertz CT molecular complexity index is 1400. The summed E-state index contributed by atoms with van der Waals surface area (Å²) in [5.41, 5.74) is 5.22. The molecule has 0 spiro atoms. The van der Waals surface area contributed by atoms with Crippen molar-refractivity contribution in [3.63, 3.8) is 0 Å². The van der Waals surface area contributed by atoms with Gasteiger partial charge in [-0.25, -0.2) is 4.68 Å². The number of benzene rings is 2. The number of fused-ring (bicyclic) bond motifs is 2. The SMILES string of the molecule is CCc1ccc2[nH]c(=O)c([C@@H](c3nnnn3C3CCCCC3)N3CCCc4ccccc43)cc2c1. The molecule has 0 radical (unpaired) electrons. The van der Waals surface area contributed by atoms with Gasteiger partial charge in [-0.3, -0.25) is 4.79 Å². The number of hydrogen-bond acceptors (Lipinski definition) is 5. The Morgan fingerprint density at radius 2 is 1.91 bits per heavy atom. The molecular weight excluding hydrogens is 436 g/mol. The molecule has 1 fully saturated rings. The molecule has 1 aliphatic heterocycles. The minimum Gasteiger partial charge on any atom is -0.357 e. The van der Waals surface area contributed by atoms with E-state index >= 15 is 0 Å². The van der Waals surface area contributed by atoms with Gasteiger partial charge in [0, 0.05) is 23.3 Å². The van der Waals surface area contributed by atoms with Crippen molar-refractivity contribution < 1.29 is 0 Å². The molecule has 180 valence electrons. The number of pyridine rings is 1. The van der Waals surface area contributed by atoms with Gasteiger partial charge in [0.1, 0.15) is 6.04 Å². The summed E-state index contributed by atoms with van der Waals surface area (Å²) in [6.07, 6.45) is 8.83. The minimum atomic E-state index is -0.355. The molecule has 1 saturated carbocycles. The van der Waals surface area contributed by atoms with E-state index in [0.29, 0.717) is 5.56 Å². The van der Waals surface area contributed by atoms with E-state index in [4.69, 9.17) is 0 Å². The molecule has 0 saturated heterocycles. The van der Waals surface area contributed by atoms with Gasteiger partial charge in [0.05, 0.1) is 6.04 Å². The Morgan fingerprint density at radius 1 is 1.06 bits per heavy atom. The molecule has 2 aliphatic rings. The lowest BCUT2D eigenvalue weighted by molar-refractivity contribution is 0.313. The zero-order chi connectivity index (χ0) is 23.8. The lowest BCUT2D eigenvalue weighted by atomic mass is 9.94. The molecule has 1 N–H and O–H groups in total. The molecule has 7 nitrogen and oxygen atoms in total. The second-order valence-corrected chi connectivity index (χ2v) is 9.93. The summed E-state index contributed by atoms with van der Waals surface area (Å²) in [4.78, 5) is 19.1. The first-order valence-corrected chi connectivity index (χ1v) is 13.0. The maximum atomic E-state index is 13.6. The number of nitrogens with one attached hydrogen (secondary N) is 1. The first-order chi connectivity index (χ1) is 17.2. The van der Waals surface area contributed by atoms with Crippen LogP contribution in [0.15, 0.2) is 53.3 Å². The number of aromatic nitrogens is 5. The van der Waals surface area contributed by atoms with E-state index in [2.05, 4.69) is 74.8 Å². The Hall–Kier alpha value is -3.48. The molecule has 1 atom stereocenters. The normalized spacial score (nSPS) is 17.5. The van der Waals surface area contributed by atoms with Crippen LogP contribution in [0.4, 0.5) is 5.69 Å². The van der Waals surface area contributed by atoms with Crippen molar-refractivity contribution in [2.24, 2.45) is 0 Å². The molecule has 2 aromatic carbocycles. The number of rotatable bonds is 5. The highest BCUT2D eigenvalue weighted by atomic mass is 16.1. The van der Waals surface area contributed by atoms with Crippen molar-refractivity contribution in [2.75, 3.05) is 11.4 Å². The van der Waals surface area contributed by atoms with Gasteiger partial charge in [0.25, 0.3) is 5.56 Å². The van der Waals surface area contributed by atoms with E-state index in [1.165, 1.54) is 36.1 Å². The van der Waals surface area contributed by atoms with E-state index in [9.17, 15) is 4.79 Å². The Balaban J connectivity index is 1.55. The van der Waals surface area contributed by atoms with Crippen molar-refractivity contribution in [3.8, 4) is 0 Å². The van der Waals surface area contributed by atoms with Gasteiger partial charge < -0.3 is 9.88 Å². The summed E-state index contributed by atoms with van der Waals surface area (Å²) in [7, 11) is 0. The lowest BCUT2D eigenvalue weighted by Crippen LogP contribution is -2.39. The van der Waals surface area contributed by atoms with Crippen LogP contribution in [0.5, 0.6) is 0 Å². The molecule has 0 unspecified atom stereocenters. The largest absolute Gasteiger partial charge is 0.357 e. The fourth-order valence-electron chi connectivity index (χ4n) is 5.94. The Labute approximate surface area is 205 Å². The van der Waals surface area contributed by atoms with Crippen LogP contribution in [0.25, 0.3) is 10.9 Å². The summed E-state index contributed by atoms with van der Waals surface area (Å²) in [5, 5.41) is 14.2. The minimum absolute atomic E-state index is 0.0759. The summed E-state index contributed by atoms with van der Waals surface area (Å²) in [6.45, 7) is 3.01. The molecule has 1 aliphatic carbocycles. The highest BCUT2D eigenvalue weighted by Crippen LogP contribution is 2.38. The number of hydrogen-bond donors (Lipinski definition) is 1. The third-order valence-electron chi connectivity index (χ3n) is 7.78. The van der Waals surface area contributed by atoms with Gasteiger partial charge in [-0.1, -0.05) is 50.5 Å². The molecule has 3 heterocycles. The van der Waals surface area contributed by atoms with Crippen LogP contribution >= 0.6 is 0 Å². The van der Waals surface area contributed by atoms with Crippen LogP contribution < -0.4 is 10.5 Å². The lowest BCUT2D eigenvalue weighted by Gasteiger charge is -2.38. The third kappa shape index (κ3) is 4.03. The zero-order valence-electron chi connectivity index (χ0n) is 20.3. The third-order valence-corrected chi connectivity index (χ3v) is 7.78. The van der Waals surface area contributed by atoms with Gasteiger partial charge in [0.15, 0.2) is 5.82 Å². The van der Waals surface area contributed by atoms with Gasteiger partial charge in [-0.2, -0.15) is 0 Å².